The maximum Gasteiger partial charge on any atom is 0.472 e. The third kappa shape index (κ3) is 17.8. The Bertz CT molecular complexity index is 1300. The monoisotopic (exact) mass is 714 g/mol. The van der Waals surface area contributed by atoms with E-state index < -0.39 is 50.2 Å². The van der Waals surface area contributed by atoms with Crippen LogP contribution in [0.2, 0.25) is 0 Å². The molecule has 1 aliphatic rings. The van der Waals surface area contributed by atoms with Crippen LogP contribution in [0.3, 0.4) is 0 Å². The summed E-state index contributed by atoms with van der Waals surface area (Å²) in [5.74, 6) is -0.114. The van der Waals surface area contributed by atoms with Crippen molar-refractivity contribution in [3.8, 4) is 0 Å². The molecule has 2 rings (SSSR count). The highest BCUT2D eigenvalue weighted by molar-refractivity contribution is 7.47. The van der Waals surface area contributed by atoms with Crippen LogP contribution in [-0.2, 0) is 27.9 Å². The van der Waals surface area contributed by atoms with Crippen LogP contribution in [0.15, 0.2) is 20.9 Å². The van der Waals surface area contributed by atoms with Crippen LogP contribution in [0.1, 0.15) is 135 Å². The van der Waals surface area contributed by atoms with Gasteiger partial charge in [-0.15, -0.1) is 0 Å². The molecule has 280 valence electrons. The lowest BCUT2D eigenvalue weighted by Crippen LogP contribution is -2.36. The maximum atomic E-state index is 12.7. The van der Waals surface area contributed by atoms with Crippen molar-refractivity contribution < 1.29 is 32.8 Å². The molecule has 0 spiro atoms. The summed E-state index contributed by atoms with van der Waals surface area (Å²) in [7, 11) is -4.60. The number of hydrogen-bond acceptors (Lipinski definition) is 9. The Morgan fingerprint density at radius 1 is 1.06 bits per heavy atom. The van der Waals surface area contributed by atoms with Gasteiger partial charge in [-0.25, -0.2) is 9.36 Å². The molecular weight excluding hydrogens is 655 g/mol. The molecule has 1 aromatic rings. The third-order valence-electron chi connectivity index (χ3n) is 8.62. The smallest absolute Gasteiger partial charge is 0.374 e. The van der Waals surface area contributed by atoms with Gasteiger partial charge in [0.2, 0.25) is 5.91 Å². The Balaban J connectivity index is 1.63. The fourth-order valence-electron chi connectivity index (χ4n) is 5.78. The van der Waals surface area contributed by atoms with Crippen molar-refractivity contribution >= 4 is 13.7 Å². The zero-order chi connectivity index (χ0) is 35.9. The highest BCUT2D eigenvalue weighted by atomic mass is 31.2. The number of ether oxygens (including phenoxy) is 2. The molecule has 0 radical (unpaired) electrons. The number of hydrogen-bond donors (Lipinski definition) is 3. The lowest BCUT2D eigenvalue weighted by atomic mass is 10.0. The Hall–Kier alpha value is -2.51. The average molecular weight is 715 g/mol. The molecule has 2 unspecified atom stereocenters. The Morgan fingerprint density at radius 3 is 2.22 bits per heavy atom. The summed E-state index contributed by atoms with van der Waals surface area (Å²) in [4.78, 5) is 51.7. The zero-order valence-electron chi connectivity index (χ0n) is 29.7. The fraction of sp³-hybridized carbons (Fsp3) is 0.848. The van der Waals surface area contributed by atoms with Gasteiger partial charge in [-0.3, -0.25) is 28.2 Å². The van der Waals surface area contributed by atoms with Crippen LogP contribution in [0, 0.1) is 6.92 Å². The molecule has 15 nitrogen and oxygen atoms in total. The number of aromatic amines is 1. The normalized spacial score (nSPS) is 19.3. The summed E-state index contributed by atoms with van der Waals surface area (Å²) < 4.78 is 35.5. The number of amides is 1. The van der Waals surface area contributed by atoms with Crippen molar-refractivity contribution in [1.82, 2.24) is 14.9 Å². The van der Waals surface area contributed by atoms with E-state index in [4.69, 9.17) is 24.1 Å². The van der Waals surface area contributed by atoms with E-state index >= 15 is 0 Å². The Kier molecular flexibility index (Phi) is 21.4. The standard InChI is InChI=1S/C33H59N6O9P/c1-4-6-7-8-9-10-11-12-13-14-15-16-17-18-19-20-30(40)35-22-27(45-5-2)24-46-49(43,44)47-25-29-28(37-38-34)21-31(48-29)39-23-26(3)32(41)36-33(39)42/h23,27-29,31H,4-22,24-25H2,1-3H3,(H,35,40)(H,43,44)(H,36,41,42)/t27?,28-,29+,31+/m0/s1. The fourth-order valence-corrected chi connectivity index (χ4v) is 6.55. The molecule has 0 bridgehead atoms. The number of phosphoric ester groups is 1. The predicted molar refractivity (Wildman–Crippen MR) is 187 cm³/mol. The van der Waals surface area contributed by atoms with Gasteiger partial charge in [0.05, 0.1) is 31.5 Å². The van der Waals surface area contributed by atoms with Gasteiger partial charge in [-0.1, -0.05) is 102 Å². The minimum atomic E-state index is -4.60. The largest absolute Gasteiger partial charge is 0.472 e. The molecule has 49 heavy (non-hydrogen) atoms. The second-order valence-corrected chi connectivity index (χ2v) is 14.2. The molecule has 0 aromatic carbocycles. The van der Waals surface area contributed by atoms with Gasteiger partial charge < -0.3 is 19.7 Å². The van der Waals surface area contributed by atoms with Gasteiger partial charge in [0.15, 0.2) is 0 Å². The molecule has 1 aliphatic heterocycles. The zero-order valence-corrected chi connectivity index (χ0v) is 30.6. The molecule has 0 saturated carbocycles. The molecule has 1 aromatic heterocycles. The van der Waals surface area contributed by atoms with E-state index in [0.29, 0.717) is 13.0 Å². The molecule has 0 aliphatic carbocycles. The van der Waals surface area contributed by atoms with Crippen LogP contribution in [-0.4, -0.2) is 65.0 Å². The molecule has 1 amide bonds. The van der Waals surface area contributed by atoms with Gasteiger partial charge in [-0.2, -0.15) is 0 Å². The molecule has 16 heteroatoms. The highest BCUT2D eigenvalue weighted by Gasteiger charge is 2.38. The van der Waals surface area contributed by atoms with Gasteiger partial charge in [0.25, 0.3) is 5.56 Å². The van der Waals surface area contributed by atoms with Crippen molar-refractivity contribution in [2.75, 3.05) is 26.4 Å². The first-order valence-electron chi connectivity index (χ1n) is 18.1. The van der Waals surface area contributed by atoms with Crippen LogP contribution < -0.4 is 16.6 Å². The molecule has 3 N–H and O–H groups in total. The number of H-pyrrole nitrogens is 1. The van der Waals surface area contributed by atoms with Crippen LogP contribution in [0.4, 0.5) is 0 Å². The average Bonchev–Trinajstić information content (AvgIpc) is 3.47. The number of carbonyl (C=O) groups excluding carboxylic acids is 1. The maximum absolute atomic E-state index is 12.7. The number of nitrogens with zero attached hydrogens (tertiary/aromatic N) is 4. The van der Waals surface area contributed by atoms with Gasteiger partial charge in [0.1, 0.15) is 6.23 Å². The third-order valence-corrected chi connectivity index (χ3v) is 9.57. The SMILES string of the molecule is CCCCCCCCCCCCCCCCCC(=O)NCC(COP(=O)(O)OC[C@H]1O[C@@H](n2cc(C)c(=O)[nH]c2=O)C[C@@H]1N=[N+]=[N-])OCC. The van der Waals surface area contributed by atoms with Crippen molar-refractivity contribution in [2.24, 2.45) is 5.11 Å². The number of phosphoric acid groups is 1. The first kappa shape index (κ1) is 42.7. The Morgan fingerprint density at radius 2 is 1.65 bits per heavy atom. The minimum Gasteiger partial charge on any atom is -0.374 e. The summed E-state index contributed by atoms with van der Waals surface area (Å²) in [6.45, 7) is 5.15. The van der Waals surface area contributed by atoms with Gasteiger partial charge in [0, 0.05) is 42.7 Å². The summed E-state index contributed by atoms with van der Waals surface area (Å²) in [6.07, 6.45) is 18.1. The lowest BCUT2D eigenvalue weighted by molar-refractivity contribution is -0.122. The van der Waals surface area contributed by atoms with Crippen molar-refractivity contribution in [3.05, 3.63) is 43.0 Å². The van der Waals surface area contributed by atoms with Gasteiger partial charge >= 0.3 is 13.5 Å². The highest BCUT2D eigenvalue weighted by Crippen LogP contribution is 2.44. The number of carbonyl (C=O) groups is 1. The number of aromatic nitrogens is 2. The second-order valence-electron chi connectivity index (χ2n) is 12.8. The van der Waals surface area contributed by atoms with E-state index in [0.717, 1.165) is 23.8 Å². The predicted octanol–water partition coefficient (Wildman–Crippen LogP) is 6.73. The number of aryl methyl sites for hydroxylation is 1. The van der Waals surface area contributed by atoms with Crippen molar-refractivity contribution in [1.29, 1.82) is 0 Å². The molecule has 2 heterocycles. The minimum absolute atomic E-state index is 0.0750. The summed E-state index contributed by atoms with van der Waals surface area (Å²) >= 11 is 0. The topological polar surface area (TPSA) is 207 Å². The molecule has 5 atom stereocenters. The van der Waals surface area contributed by atoms with E-state index in [1.165, 1.54) is 90.2 Å². The van der Waals surface area contributed by atoms with Crippen molar-refractivity contribution in [2.45, 2.75) is 154 Å². The molecule has 1 saturated heterocycles. The summed E-state index contributed by atoms with van der Waals surface area (Å²) in [5, 5.41) is 6.48. The van der Waals surface area contributed by atoms with Gasteiger partial charge in [-0.05, 0) is 25.8 Å². The number of rotatable bonds is 28. The lowest BCUT2D eigenvalue weighted by Gasteiger charge is -2.21. The number of nitrogens with one attached hydrogen (secondary N) is 2. The van der Waals surface area contributed by atoms with E-state index in [-0.39, 0.29) is 31.0 Å². The molecule has 1 fully saturated rings. The molecular formula is C33H59N6O9P. The van der Waals surface area contributed by atoms with E-state index in [9.17, 15) is 23.8 Å². The first-order valence-corrected chi connectivity index (χ1v) is 19.6. The summed E-state index contributed by atoms with van der Waals surface area (Å²) in [6, 6.07) is -0.815. The van der Waals surface area contributed by atoms with E-state index in [1.54, 1.807) is 6.92 Å². The van der Waals surface area contributed by atoms with E-state index in [1.807, 2.05) is 0 Å². The second kappa shape index (κ2) is 24.6. The first-order chi connectivity index (χ1) is 23.6. The van der Waals surface area contributed by atoms with Crippen molar-refractivity contribution in [3.63, 3.8) is 0 Å². The number of unbranched alkanes of at least 4 members (excludes halogenated alkanes) is 14. The van der Waals surface area contributed by atoms with Crippen LogP contribution in [0.5, 0.6) is 0 Å². The van der Waals surface area contributed by atoms with Crippen LogP contribution >= 0.6 is 7.82 Å². The Labute approximate surface area is 290 Å². The summed E-state index contributed by atoms with van der Waals surface area (Å²) in [5.41, 5.74) is 8.01. The van der Waals surface area contributed by atoms with E-state index in [2.05, 4.69) is 27.3 Å². The quantitative estimate of drug-likeness (QED) is 0.0276. The van der Waals surface area contributed by atoms with Crippen LogP contribution in [0.25, 0.3) is 10.4 Å². The number of azide groups is 1.